The molecule has 0 bridgehead atoms. The Bertz CT molecular complexity index is 2880. The number of carbonyl (C=O) groups is 12. The minimum atomic E-state index is -6.02. The van der Waals surface area contributed by atoms with Gasteiger partial charge in [0, 0.05) is 0 Å². The number of esters is 12. The fourth-order valence-corrected chi connectivity index (χ4v) is 8.54. The maximum atomic E-state index is 14.2. The molecule has 1 saturated carbocycles. The summed E-state index contributed by atoms with van der Waals surface area (Å²) in [6, 6.07) is 11.9. The molecule has 0 unspecified atom stereocenters. The van der Waals surface area contributed by atoms with Gasteiger partial charge >= 0.3 is 84.0 Å². The number of hydrogen-bond donors (Lipinski definition) is 0. The van der Waals surface area contributed by atoms with Gasteiger partial charge in [-0.3, -0.25) is 19.2 Å². The zero-order valence-electron chi connectivity index (χ0n) is 32.4. The molecule has 24 heteroatoms. The third-order valence-corrected chi connectivity index (χ3v) is 11.7. The van der Waals surface area contributed by atoms with Gasteiger partial charge in [0.1, 0.15) is 0 Å². The van der Waals surface area contributed by atoms with Crippen LogP contribution in [-0.4, -0.2) is 84.0 Å². The smallest absolute Gasteiger partial charge is 0.393 e. The molecule has 67 heavy (non-hydrogen) atoms. The van der Waals surface area contributed by atoms with Crippen molar-refractivity contribution in [1.29, 1.82) is 0 Å². The first kappa shape index (κ1) is 43.5. The summed E-state index contributed by atoms with van der Waals surface area (Å²) in [6.45, 7) is 0. The molecule has 2 saturated heterocycles. The van der Waals surface area contributed by atoms with Crippen LogP contribution in [0.4, 0.5) is 26.3 Å². The lowest BCUT2D eigenvalue weighted by molar-refractivity contribution is -0.288. The second-order valence-electron chi connectivity index (χ2n) is 15.1. The summed E-state index contributed by atoms with van der Waals surface area (Å²) >= 11 is 0. The second kappa shape index (κ2) is 14.7. The zero-order chi connectivity index (χ0) is 48.4. The zero-order valence-corrected chi connectivity index (χ0v) is 32.4. The van der Waals surface area contributed by atoms with Gasteiger partial charge in [-0.1, -0.05) is 24.3 Å². The first-order chi connectivity index (χ1) is 31.4. The fourth-order valence-electron chi connectivity index (χ4n) is 8.54. The first-order valence-corrected chi connectivity index (χ1v) is 18.7. The fraction of sp³-hybridized carbons (Fsp3) is 0.163. The Morgan fingerprint density at radius 1 is 0.299 bits per heavy atom. The van der Waals surface area contributed by atoms with Crippen molar-refractivity contribution in [1.82, 2.24) is 0 Å². The van der Waals surface area contributed by atoms with E-state index in [1.165, 1.54) is 24.3 Å². The summed E-state index contributed by atoms with van der Waals surface area (Å²) < 4.78 is 111. The van der Waals surface area contributed by atoms with E-state index < -0.39 is 146 Å². The van der Waals surface area contributed by atoms with Crippen molar-refractivity contribution in [3.63, 3.8) is 0 Å². The van der Waals surface area contributed by atoms with Gasteiger partial charge in [-0.05, 0) is 70.8 Å². The summed E-state index contributed by atoms with van der Waals surface area (Å²) in [5, 5.41) is 0. The number of fused-ring (bicyclic) bond motifs is 8. The van der Waals surface area contributed by atoms with Gasteiger partial charge in [0.05, 0.1) is 68.2 Å². The molecule has 11 rings (SSSR count). The Hall–Kier alpha value is -8.70. The molecule has 0 amide bonds. The van der Waals surface area contributed by atoms with Crippen LogP contribution in [0.15, 0.2) is 72.8 Å². The van der Waals surface area contributed by atoms with Gasteiger partial charge in [-0.2, -0.15) is 26.3 Å². The minimum Gasteiger partial charge on any atom is -0.393 e. The number of carbonyl (C=O) groups excluding carboxylic acids is 12. The molecule has 7 aliphatic rings. The molecule has 0 aromatic heterocycles. The number of cyclic esters (lactones) is 12. The summed E-state index contributed by atoms with van der Waals surface area (Å²) in [7, 11) is 0. The van der Waals surface area contributed by atoms with Crippen LogP contribution in [-0.2, 0) is 53.0 Å². The monoisotopic (exact) mass is 934 g/mol. The van der Waals surface area contributed by atoms with Crippen molar-refractivity contribution >= 4 is 71.6 Å². The van der Waals surface area contributed by atoms with E-state index in [0.29, 0.717) is 35.4 Å². The topological polar surface area (TPSA) is 260 Å². The van der Waals surface area contributed by atoms with Crippen molar-refractivity contribution in [2.45, 2.75) is 17.8 Å². The predicted octanol–water partition coefficient (Wildman–Crippen LogP) is 4.32. The van der Waals surface area contributed by atoms with Crippen molar-refractivity contribution in [3.8, 4) is 11.1 Å². The minimum absolute atomic E-state index is 0.182. The number of halogens is 6. The molecule has 0 spiro atoms. The summed E-state index contributed by atoms with van der Waals surface area (Å²) in [6.07, 6.45) is -12.0. The van der Waals surface area contributed by atoms with E-state index in [0.717, 1.165) is 0 Å². The standard InChI is InChI=1S/C19H6F6O6.C16H6O6.C8H4O6/c20-18(21,22)17(19(23,24)25,7-1-3-9-11(5-7)15(28)30-13(9)26)8-2-4-10-12(6-8)16(29)31-14(10)27;17-13-9-3-1-7(5-11(9)15(19)21-13)8-2-4-10-12(6-8)16(20)22-14(10)18;9-5-1-2(6(10)13-5)4-3(1)7(11)14-8(4)12/h1-6H;1-6H;1-4H. The van der Waals surface area contributed by atoms with Gasteiger partial charge < -0.3 is 28.4 Å². The van der Waals surface area contributed by atoms with E-state index in [4.69, 9.17) is 0 Å². The lowest BCUT2D eigenvalue weighted by Gasteiger charge is -2.38. The van der Waals surface area contributed by atoms with Crippen molar-refractivity contribution in [2.75, 3.05) is 0 Å². The van der Waals surface area contributed by atoms with E-state index in [9.17, 15) is 83.9 Å². The van der Waals surface area contributed by atoms with Crippen LogP contribution < -0.4 is 0 Å². The number of benzene rings is 4. The summed E-state index contributed by atoms with van der Waals surface area (Å²) in [5.74, 6) is -14.0. The Morgan fingerprint density at radius 3 is 0.806 bits per heavy atom. The highest BCUT2D eigenvalue weighted by molar-refractivity contribution is 6.18. The lowest BCUT2D eigenvalue weighted by Crippen LogP contribution is -2.55. The molecule has 6 heterocycles. The van der Waals surface area contributed by atoms with Gasteiger partial charge in [0.2, 0.25) is 5.41 Å². The van der Waals surface area contributed by atoms with E-state index in [2.05, 4.69) is 28.4 Å². The highest BCUT2D eigenvalue weighted by Gasteiger charge is 2.74. The van der Waals surface area contributed by atoms with Crippen LogP contribution >= 0.6 is 0 Å². The highest BCUT2D eigenvalue weighted by Crippen LogP contribution is 2.57. The van der Waals surface area contributed by atoms with Crippen LogP contribution in [0.1, 0.15) is 94.0 Å². The molecule has 0 N–H and O–H groups in total. The molecule has 6 aliphatic heterocycles. The molecule has 18 nitrogen and oxygen atoms in total. The third-order valence-electron chi connectivity index (χ3n) is 11.7. The Morgan fingerprint density at radius 2 is 0.537 bits per heavy atom. The first-order valence-electron chi connectivity index (χ1n) is 18.7. The van der Waals surface area contributed by atoms with Crippen LogP contribution in [0.2, 0.25) is 0 Å². The normalized spacial score (nSPS) is 21.8. The van der Waals surface area contributed by atoms with Crippen LogP contribution in [0, 0.1) is 23.7 Å². The number of alkyl halides is 6. The Labute approximate surface area is 364 Å². The molecule has 0 radical (unpaired) electrons. The van der Waals surface area contributed by atoms with Gasteiger partial charge in [-0.15, -0.1) is 0 Å². The van der Waals surface area contributed by atoms with Gasteiger partial charge in [-0.25, -0.2) is 38.4 Å². The molecule has 338 valence electrons. The van der Waals surface area contributed by atoms with Gasteiger partial charge in [0.15, 0.2) is 0 Å². The van der Waals surface area contributed by atoms with Crippen molar-refractivity contribution in [3.05, 3.63) is 128 Å². The molecular weight excluding hydrogens is 918 g/mol. The second-order valence-corrected chi connectivity index (χ2v) is 15.1. The molecule has 0 atom stereocenters. The Kier molecular flexibility index (Phi) is 9.53. The lowest BCUT2D eigenvalue weighted by atomic mass is 9.59. The highest BCUT2D eigenvalue weighted by atomic mass is 19.4. The molecule has 3 fully saturated rings. The summed E-state index contributed by atoms with van der Waals surface area (Å²) in [5.41, 5.74) is -8.05. The molecular formula is C43H16F6O18. The van der Waals surface area contributed by atoms with Crippen LogP contribution in [0.25, 0.3) is 11.1 Å². The maximum Gasteiger partial charge on any atom is 0.411 e. The SMILES string of the molecule is O=C1OC(=O)C2C1C1C(=O)OC(=O)C21.O=C1OC(=O)c2cc(-c3ccc4c(c3)C(=O)OC4=O)ccc21.O=C1OC(=O)c2cc(C(c3ccc4c(c3)C(=O)OC4=O)(C(F)(F)F)C(F)(F)F)ccc21. The van der Waals surface area contributed by atoms with E-state index >= 15 is 0 Å². The van der Waals surface area contributed by atoms with Gasteiger partial charge in [0.25, 0.3) is 0 Å². The molecule has 4 aromatic carbocycles. The largest absolute Gasteiger partial charge is 0.411 e. The Balaban J connectivity index is 0.000000135. The average Bonchev–Trinajstić information content (AvgIpc) is 4.00. The van der Waals surface area contributed by atoms with Crippen LogP contribution in [0.5, 0.6) is 0 Å². The van der Waals surface area contributed by atoms with Crippen molar-refractivity contribution in [2.24, 2.45) is 23.7 Å². The molecule has 1 aliphatic carbocycles. The summed E-state index contributed by atoms with van der Waals surface area (Å²) in [4.78, 5) is 137. The quantitative estimate of drug-likeness (QED) is 0.120. The predicted molar refractivity (Wildman–Crippen MR) is 193 cm³/mol. The van der Waals surface area contributed by atoms with E-state index in [1.54, 1.807) is 12.1 Å². The molecule has 4 aromatic rings. The number of hydrogen-bond acceptors (Lipinski definition) is 18. The third kappa shape index (κ3) is 6.41. The van der Waals surface area contributed by atoms with Crippen molar-refractivity contribution < 1.29 is 112 Å². The van der Waals surface area contributed by atoms with E-state index in [-0.39, 0.29) is 34.4 Å². The average molecular weight is 935 g/mol. The van der Waals surface area contributed by atoms with Crippen LogP contribution in [0.3, 0.4) is 0 Å². The maximum absolute atomic E-state index is 14.2. The number of ether oxygens (including phenoxy) is 6. The van der Waals surface area contributed by atoms with E-state index in [1.807, 2.05) is 0 Å². The number of rotatable bonds is 3.